The Bertz CT molecular complexity index is 282. The molecule has 0 spiro atoms. The maximum absolute atomic E-state index is 11.8. The highest BCUT2D eigenvalue weighted by molar-refractivity contribution is 5.85. The molecule has 1 unspecified atom stereocenters. The molecule has 2 N–H and O–H groups in total. The lowest BCUT2D eigenvalue weighted by atomic mass is 9.79. The molecule has 0 aromatic heterocycles. The Morgan fingerprint density at radius 3 is 2.29 bits per heavy atom. The zero-order valence-electron chi connectivity index (χ0n) is 11.0. The van der Waals surface area contributed by atoms with Crippen molar-refractivity contribution < 1.29 is 14.7 Å². The Balaban J connectivity index is 4.51. The molecule has 0 aliphatic heterocycles. The van der Waals surface area contributed by atoms with Crippen LogP contribution in [0, 0.1) is 5.41 Å². The molecular formula is C13H23NO3. The molecular weight excluding hydrogens is 218 g/mol. The zero-order valence-corrected chi connectivity index (χ0v) is 11.0. The van der Waals surface area contributed by atoms with Crippen molar-refractivity contribution >= 4 is 11.9 Å². The molecule has 17 heavy (non-hydrogen) atoms. The number of carboxylic acid groups (broad SMARTS) is 1. The Hall–Kier alpha value is -1.32. The summed E-state index contributed by atoms with van der Waals surface area (Å²) < 4.78 is 0. The van der Waals surface area contributed by atoms with Crippen LogP contribution in [0.2, 0.25) is 0 Å². The molecule has 0 rings (SSSR count). The van der Waals surface area contributed by atoms with Gasteiger partial charge in [0.2, 0.25) is 5.91 Å². The fourth-order valence-corrected chi connectivity index (χ4v) is 1.82. The predicted molar refractivity (Wildman–Crippen MR) is 67.7 cm³/mol. The van der Waals surface area contributed by atoms with Crippen LogP contribution in [0.1, 0.15) is 46.5 Å². The van der Waals surface area contributed by atoms with E-state index in [1.807, 2.05) is 6.92 Å². The lowest BCUT2D eigenvalue weighted by Gasteiger charge is -2.26. The van der Waals surface area contributed by atoms with E-state index in [1.165, 1.54) is 0 Å². The lowest BCUT2D eigenvalue weighted by Crippen LogP contribution is -2.39. The maximum Gasteiger partial charge on any atom is 0.310 e. The van der Waals surface area contributed by atoms with Crippen LogP contribution < -0.4 is 5.32 Å². The molecule has 0 saturated carbocycles. The van der Waals surface area contributed by atoms with E-state index in [1.54, 1.807) is 19.9 Å². The first kappa shape index (κ1) is 15.7. The van der Waals surface area contributed by atoms with Crippen molar-refractivity contribution in [2.24, 2.45) is 5.41 Å². The van der Waals surface area contributed by atoms with Gasteiger partial charge in [0.1, 0.15) is 0 Å². The van der Waals surface area contributed by atoms with Crippen molar-refractivity contribution in [2.75, 3.05) is 0 Å². The number of carbonyl (C=O) groups is 2. The molecule has 4 heteroatoms. The molecule has 0 radical (unpaired) electrons. The van der Waals surface area contributed by atoms with Gasteiger partial charge in [0.15, 0.2) is 0 Å². The average Bonchev–Trinajstić information content (AvgIpc) is 2.25. The van der Waals surface area contributed by atoms with Crippen LogP contribution in [0.3, 0.4) is 0 Å². The van der Waals surface area contributed by atoms with Crippen LogP contribution in [-0.4, -0.2) is 23.0 Å². The number of rotatable bonds is 8. The summed E-state index contributed by atoms with van der Waals surface area (Å²) in [6.07, 6.45) is 3.38. The third-order valence-corrected chi connectivity index (χ3v) is 3.23. The van der Waals surface area contributed by atoms with Crippen LogP contribution >= 0.6 is 0 Å². The fourth-order valence-electron chi connectivity index (χ4n) is 1.82. The summed E-state index contributed by atoms with van der Waals surface area (Å²) in [6, 6.07) is 0.000192. The van der Waals surface area contributed by atoms with Crippen molar-refractivity contribution in [1.29, 1.82) is 0 Å². The van der Waals surface area contributed by atoms with Crippen molar-refractivity contribution in [3.05, 3.63) is 12.7 Å². The van der Waals surface area contributed by atoms with Gasteiger partial charge in [-0.05, 0) is 26.2 Å². The molecule has 0 heterocycles. The largest absolute Gasteiger partial charge is 0.481 e. The topological polar surface area (TPSA) is 66.4 Å². The highest BCUT2D eigenvalue weighted by atomic mass is 16.4. The molecule has 0 aliphatic rings. The summed E-state index contributed by atoms with van der Waals surface area (Å²) in [7, 11) is 0. The summed E-state index contributed by atoms with van der Waals surface area (Å²) >= 11 is 0. The number of aliphatic carboxylic acids is 1. The molecule has 0 aliphatic carbocycles. The number of hydrogen-bond acceptors (Lipinski definition) is 2. The van der Waals surface area contributed by atoms with Gasteiger partial charge in [-0.3, -0.25) is 9.59 Å². The second-order valence-electron chi connectivity index (χ2n) is 4.46. The molecule has 0 aromatic rings. The number of amides is 1. The highest BCUT2D eigenvalue weighted by Gasteiger charge is 2.37. The first-order chi connectivity index (χ1) is 7.91. The van der Waals surface area contributed by atoms with E-state index in [4.69, 9.17) is 0 Å². The summed E-state index contributed by atoms with van der Waals surface area (Å²) in [4.78, 5) is 23.0. The third kappa shape index (κ3) is 4.59. The number of hydrogen-bond donors (Lipinski definition) is 2. The monoisotopic (exact) mass is 241 g/mol. The standard InChI is InChI=1S/C13H23NO3/c1-5-8-10(4)14-11(15)9-13(6-2,7-3)12(16)17/h5,10H,1,6-9H2,2-4H3,(H,14,15)(H,16,17). The SMILES string of the molecule is C=CCC(C)NC(=O)CC(CC)(CC)C(=O)O. The minimum atomic E-state index is -0.933. The van der Waals surface area contributed by atoms with Crippen LogP contribution in [0.15, 0.2) is 12.7 Å². The molecule has 1 atom stereocenters. The quantitative estimate of drug-likeness (QED) is 0.641. The normalized spacial score (nSPS) is 12.9. The van der Waals surface area contributed by atoms with Crippen LogP contribution in [-0.2, 0) is 9.59 Å². The van der Waals surface area contributed by atoms with Crippen molar-refractivity contribution in [1.82, 2.24) is 5.32 Å². The van der Waals surface area contributed by atoms with E-state index in [-0.39, 0.29) is 18.4 Å². The Morgan fingerprint density at radius 1 is 1.41 bits per heavy atom. The van der Waals surface area contributed by atoms with Crippen LogP contribution in [0.4, 0.5) is 0 Å². The van der Waals surface area contributed by atoms with E-state index >= 15 is 0 Å². The zero-order chi connectivity index (χ0) is 13.5. The summed E-state index contributed by atoms with van der Waals surface area (Å²) in [5, 5.41) is 12.0. The van der Waals surface area contributed by atoms with Gasteiger partial charge in [-0.1, -0.05) is 19.9 Å². The minimum Gasteiger partial charge on any atom is -0.481 e. The van der Waals surface area contributed by atoms with Gasteiger partial charge in [0.05, 0.1) is 5.41 Å². The van der Waals surface area contributed by atoms with Gasteiger partial charge >= 0.3 is 5.97 Å². The van der Waals surface area contributed by atoms with E-state index in [0.29, 0.717) is 19.3 Å². The molecule has 0 aromatic carbocycles. The molecule has 4 nitrogen and oxygen atoms in total. The van der Waals surface area contributed by atoms with Crippen molar-refractivity contribution in [3.8, 4) is 0 Å². The van der Waals surface area contributed by atoms with E-state index in [2.05, 4.69) is 11.9 Å². The van der Waals surface area contributed by atoms with E-state index < -0.39 is 11.4 Å². The molecule has 0 fully saturated rings. The number of nitrogens with one attached hydrogen (secondary N) is 1. The van der Waals surface area contributed by atoms with Gasteiger partial charge in [0, 0.05) is 12.5 Å². The Morgan fingerprint density at radius 2 is 1.94 bits per heavy atom. The Kier molecular flexibility index (Phi) is 6.54. The summed E-state index contributed by atoms with van der Waals surface area (Å²) in [6.45, 7) is 9.08. The van der Waals surface area contributed by atoms with Crippen LogP contribution in [0.5, 0.6) is 0 Å². The average molecular weight is 241 g/mol. The van der Waals surface area contributed by atoms with Crippen LogP contribution in [0.25, 0.3) is 0 Å². The van der Waals surface area contributed by atoms with Gasteiger partial charge in [0.25, 0.3) is 0 Å². The first-order valence-electron chi connectivity index (χ1n) is 6.05. The summed E-state index contributed by atoms with van der Waals surface area (Å²) in [5.74, 6) is -1.10. The predicted octanol–water partition coefficient (Wildman–Crippen LogP) is 2.35. The maximum atomic E-state index is 11.8. The van der Waals surface area contributed by atoms with Gasteiger partial charge in [-0.15, -0.1) is 6.58 Å². The smallest absolute Gasteiger partial charge is 0.310 e. The summed E-state index contributed by atoms with van der Waals surface area (Å²) in [5.41, 5.74) is -0.933. The van der Waals surface area contributed by atoms with Gasteiger partial charge < -0.3 is 10.4 Å². The molecule has 0 bridgehead atoms. The Labute approximate surface area is 103 Å². The molecule has 98 valence electrons. The van der Waals surface area contributed by atoms with E-state index in [0.717, 1.165) is 0 Å². The van der Waals surface area contributed by atoms with Gasteiger partial charge in [-0.2, -0.15) is 0 Å². The molecule has 0 saturated heterocycles. The fraction of sp³-hybridized carbons (Fsp3) is 0.692. The van der Waals surface area contributed by atoms with E-state index in [9.17, 15) is 14.7 Å². The third-order valence-electron chi connectivity index (χ3n) is 3.23. The van der Waals surface area contributed by atoms with Crippen molar-refractivity contribution in [2.45, 2.75) is 52.5 Å². The number of carboxylic acids is 1. The van der Waals surface area contributed by atoms with Gasteiger partial charge in [-0.25, -0.2) is 0 Å². The van der Waals surface area contributed by atoms with Crippen molar-refractivity contribution in [3.63, 3.8) is 0 Å². The lowest BCUT2D eigenvalue weighted by molar-refractivity contribution is -0.152. The molecule has 1 amide bonds. The second kappa shape index (κ2) is 7.09. The first-order valence-corrected chi connectivity index (χ1v) is 6.05. The second-order valence-corrected chi connectivity index (χ2v) is 4.46. The minimum absolute atomic E-state index is 0.000192. The highest BCUT2D eigenvalue weighted by Crippen LogP contribution is 2.30. The number of carbonyl (C=O) groups excluding carboxylic acids is 1.